The summed E-state index contributed by atoms with van der Waals surface area (Å²) in [5.41, 5.74) is -0.178. The van der Waals surface area contributed by atoms with Gasteiger partial charge < -0.3 is 10.2 Å². The molecular weight excluding hydrogens is 312 g/mol. The van der Waals surface area contributed by atoms with E-state index in [-0.39, 0.29) is 0 Å². The van der Waals surface area contributed by atoms with E-state index in [0.29, 0.717) is 18.4 Å². The molecule has 0 radical (unpaired) electrons. The Morgan fingerprint density at radius 1 is 1.08 bits per heavy atom. The van der Waals surface area contributed by atoms with Gasteiger partial charge >= 0.3 is 0 Å². The molecule has 1 aromatic heterocycles. The first-order valence-electron chi connectivity index (χ1n) is 8.68. The molecule has 136 valence electrons. The van der Waals surface area contributed by atoms with Crippen LogP contribution in [-0.2, 0) is 0 Å². The molecule has 2 aromatic rings. The molecule has 0 amide bonds. The highest BCUT2D eigenvalue weighted by molar-refractivity contribution is 5.27. The average Bonchev–Trinajstić information content (AvgIpc) is 2.69. The van der Waals surface area contributed by atoms with Crippen molar-refractivity contribution in [2.45, 2.75) is 58.2 Å². The zero-order valence-electron chi connectivity index (χ0n) is 15.5. The quantitative estimate of drug-likeness (QED) is 0.847. The number of aromatic nitrogens is 1. The molecule has 4 heteroatoms. The van der Waals surface area contributed by atoms with Crippen LogP contribution in [0.4, 0.5) is 0 Å². The topological polar surface area (TPSA) is 77.1 Å². The lowest BCUT2D eigenvalue weighted by molar-refractivity contribution is -0.0676. The maximum Gasteiger partial charge on any atom is 0.0991 e. The zero-order chi connectivity index (χ0) is 19.0. The lowest BCUT2D eigenvalue weighted by Crippen LogP contribution is -2.38. The van der Waals surface area contributed by atoms with Crippen molar-refractivity contribution in [1.82, 2.24) is 4.98 Å². The van der Waals surface area contributed by atoms with E-state index >= 15 is 0 Å². The van der Waals surface area contributed by atoms with Gasteiger partial charge in [0.05, 0.1) is 23.3 Å². The van der Waals surface area contributed by atoms with Crippen LogP contribution in [0.3, 0.4) is 0 Å². The number of pyridine rings is 1. The lowest BCUT2D eigenvalue weighted by Gasteiger charge is -2.27. The van der Waals surface area contributed by atoms with Gasteiger partial charge in [-0.05, 0) is 44.0 Å². The third kappa shape index (κ3) is 11.9. The molecule has 0 saturated carbocycles. The molecule has 25 heavy (non-hydrogen) atoms. The fourth-order valence-corrected chi connectivity index (χ4v) is 1.77. The molecule has 0 spiro atoms. The minimum atomic E-state index is -0.894. The first kappa shape index (κ1) is 22.8. The Bertz CT molecular complexity index is 539. The van der Waals surface area contributed by atoms with Crippen LogP contribution < -0.4 is 0 Å². The largest absolute Gasteiger partial charge is 0.390 e. The van der Waals surface area contributed by atoms with E-state index in [0.717, 1.165) is 12.8 Å². The molecule has 0 aliphatic rings. The summed E-state index contributed by atoms with van der Waals surface area (Å²) in [5.74, 6) is 0. The summed E-state index contributed by atoms with van der Waals surface area (Å²) < 4.78 is 0. The second-order valence-electron chi connectivity index (χ2n) is 5.87. The number of benzene rings is 1. The number of unbranched alkanes of at least 4 members (excludes halogenated alkanes) is 1. The summed E-state index contributed by atoms with van der Waals surface area (Å²) in [5, 5.41) is 27.3. The van der Waals surface area contributed by atoms with Gasteiger partial charge in [0.25, 0.3) is 0 Å². The minimum absolute atomic E-state index is 0.563. The molecule has 0 aliphatic heterocycles. The molecule has 0 fully saturated rings. The summed E-state index contributed by atoms with van der Waals surface area (Å²) in [6.07, 6.45) is 6.30. The Labute approximate surface area is 151 Å². The van der Waals surface area contributed by atoms with Gasteiger partial charge in [-0.3, -0.25) is 4.98 Å². The van der Waals surface area contributed by atoms with Crippen molar-refractivity contribution in [2.75, 3.05) is 0 Å². The first-order chi connectivity index (χ1) is 12.0. The van der Waals surface area contributed by atoms with E-state index in [4.69, 9.17) is 5.26 Å². The molecule has 0 aliphatic carbocycles. The van der Waals surface area contributed by atoms with Gasteiger partial charge in [-0.15, -0.1) is 0 Å². The van der Waals surface area contributed by atoms with Crippen LogP contribution in [0.5, 0.6) is 0 Å². The smallest absolute Gasteiger partial charge is 0.0991 e. The number of rotatable bonds is 5. The molecule has 2 rings (SSSR count). The van der Waals surface area contributed by atoms with Gasteiger partial charge in [0, 0.05) is 12.4 Å². The van der Waals surface area contributed by atoms with E-state index in [9.17, 15) is 10.2 Å². The number of aliphatic hydroxyl groups is 2. The molecular formula is C21H30N2O2. The van der Waals surface area contributed by atoms with Gasteiger partial charge in [-0.2, -0.15) is 5.26 Å². The summed E-state index contributed by atoms with van der Waals surface area (Å²) in [4.78, 5) is 3.78. The molecule has 4 nitrogen and oxygen atoms in total. The summed E-state index contributed by atoms with van der Waals surface area (Å²) in [6.45, 7) is 5.65. The number of aliphatic hydroxyl groups excluding tert-OH is 1. The maximum absolute atomic E-state index is 9.57. The standard InChI is InChI=1S/C9H20O2.C7H5N.C5H5N/c1-4-6-7-8(10)9(3,11)5-2;8-6-7-4-2-1-3-5-7;1-2-4-6-5-3-1/h8,10-11H,4-7H2,1-3H3;1-5H;1-5H. The van der Waals surface area contributed by atoms with E-state index in [2.05, 4.69) is 11.9 Å². The highest BCUT2D eigenvalue weighted by Gasteiger charge is 2.26. The van der Waals surface area contributed by atoms with E-state index in [1.54, 1.807) is 31.5 Å². The van der Waals surface area contributed by atoms with Crippen molar-refractivity contribution in [3.63, 3.8) is 0 Å². The number of hydrogen-bond donors (Lipinski definition) is 2. The Hall–Kier alpha value is -2.22. The van der Waals surface area contributed by atoms with E-state index < -0.39 is 11.7 Å². The highest BCUT2D eigenvalue weighted by atomic mass is 16.3. The molecule has 2 N–H and O–H groups in total. The first-order valence-corrected chi connectivity index (χ1v) is 8.68. The second kappa shape index (κ2) is 14.2. The van der Waals surface area contributed by atoms with E-state index in [1.807, 2.05) is 49.4 Å². The van der Waals surface area contributed by atoms with Crippen LogP contribution >= 0.6 is 0 Å². The molecule has 1 aromatic carbocycles. The van der Waals surface area contributed by atoms with Crippen LogP contribution in [0.1, 0.15) is 52.0 Å². The third-order valence-electron chi connectivity index (χ3n) is 3.73. The van der Waals surface area contributed by atoms with Gasteiger partial charge in [0.15, 0.2) is 0 Å². The lowest BCUT2D eigenvalue weighted by atomic mass is 9.92. The summed E-state index contributed by atoms with van der Waals surface area (Å²) >= 11 is 0. The predicted molar refractivity (Wildman–Crippen MR) is 102 cm³/mol. The second-order valence-corrected chi connectivity index (χ2v) is 5.87. The number of nitriles is 1. The normalized spacial score (nSPS) is 13.0. The third-order valence-corrected chi connectivity index (χ3v) is 3.73. The van der Waals surface area contributed by atoms with Crippen LogP contribution in [0, 0.1) is 11.3 Å². The van der Waals surface area contributed by atoms with Crippen molar-refractivity contribution < 1.29 is 10.2 Å². The maximum atomic E-state index is 9.57. The summed E-state index contributed by atoms with van der Waals surface area (Å²) in [7, 11) is 0. The van der Waals surface area contributed by atoms with Crippen molar-refractivity contribution in [2.24, 2.45) is 0 Å². The van der Waals surface area contributed by atoms with Gasteiger partial charge in [0.2, 0.25) is 0 Å². The van der Waals surface area contributed by atoms with Crippen molar-refractivity contribution in [1.29, 1.82) is 5.26 Å². The SMILES string of the molecule is CCCCC(O)C(C)(O)CC.N#Cc1ccccc1.c1ccncc1. The monoisotopic (exact) mass is 342 g/mol. The van der Waals surface area contributed by atoms with Gasteiger partial charge in [-0.1, -0.05) is 51.0 Å². The van der Waals surface area contributed by atoms with E-state index in [1.165, 1.54) is 0 Å². The van der Waals surface area contributed by atoms with Crippen LogP contribution in [0.2, 0.25) is 0 Å². The summed E-state index contributed by atoms with van der Waals surface area (Å²) in [6, 6.07) is 16.9. The molecule has 2 atom stereocenters. The Kier molecular flexibility index (Phi) is 12.9. The average molecular weight is 342 g/mol. The number of nitrogens with zero attached hydrogens (tertiary/aromatic N) is 2. The van der Waals surface area contributed by atoms with Crippen LogP contribution in [0.15, 0.2) is 60.9 Å². The van der Waals surface area contributed by atoms with Crippen LogP contribution in [0.25, 0.3) is 0 Å². The number of hydrogen-bond acceptors (Lipinski definition) is 4. The molecule has 0 saturated heterocycles. The fourth-order valence-electron chi connectivity index (χ4n) is 1.77. The zero-order valence-corrected chi connectivity index (χ0v) is 15.5. The fraction of sp³-hybridized carbons (Fsp3) is 0.429. The molecule has 0 bridgehead atoms. The highest BCUT2D eigenvalue weighted by Crippen LogP contribution is 2.18. The van der Waals surface area contributed by atoms with Crippen molar-refractivity contribution in [3.05, 3.63) is 66.5 Å². The van der Waals surface area contributed by atoms with Crippen molar-refractivity contribution >= 4 is 0 Å². The van der Waals surface area contributed by atoms with Gasteiger partial charge in [-0.25, -0.2) is 0 Å². The Balaban J connectivity index is 0.000000360. The van der Waals surface area contributed by atoms with Crippen molar-refractivity contribution in [3.8, 4) is 6.07 Å². The predicted octanol–water partition coefficient (Wildman–Crippen LogP) is 4.34. The Morgan fingerprint density at radius 3 is 1.96 bits per heavy atom. The molecule has 2 unspecified atom stereocenters. The van der Waals surface area contributed by atoms with Crippen LogP contribution in [-0.4, -0.2) is 26.9 Å². The Morgan fingerprint density at radius 2 is 1.64 bits per heavy atom. The van der Waals surface area contributed by atoms with Gasteiger partial charge in [0.1, 0.15) is 0 Å². The minimum Gasteiger partial charge on any atom is -0.390 e. The molecule has 1 heterocycles.